The number of nitrogens with zero attached hydrogens (tertiary/aromatic N) is 2. The summed E-state index contributed by atoms with van der Waals surface area (Å²) in [6.07, 6.45) is 1.42. The van der Waals surface area contributed by atoms with Crippen molar-refractivity contribution in [3.8, 4) is 5.75 Å². The molecule has 0 aliphatic carbocycles. The molecule has 0 saturated carbocycles. The van der Waals surface area contributed by atoms with Gasteiger partial charge in [-0.25, -0.2) is 8.42 Å². The molecule has 0 aromatic heterocycles. The maximum Gasteiger partial charge on any atom is 0.244 e. The Morgan fingerprint density at radius 3 is 2.30 bits per heavy atom. The third-order valence-corrected chi connectivity index (χ3v) is 6.48. The molecule has 0 saturated heterocycles. The Hall–Kier alpha value is -3.07. The number of amides is 2. The first kappa shape index (κ1) is 26.2. The van der Waals surface area contributed by atoms with Gasteiger partial charge in [0.15, 0.2) is 0 Å². The molecule has 8 nitrogen and oxygen atoms in total. The number of anilines is 1. The molecule has 0 aliphatic heterocycles. The Bertz CT molecular complexity index is 1100. The molecule has 2 rings (SSSR count). The Morgan fingerprint density at radius 2 is 1.76 bits per heavy atom. The van der Waals surface area contributed by atoms with E-state index in [9.17, 15) is 18.0 Å². The number of carbonyl (C=O) groups excluding carboxylic acids is 2. The quantitative estimate of drug-likeness (QED) is 0.570. The molecule has 0 spiro atoms. The smallest absolute Gasteiger partial charge is 0.244 e. The van der Waals surface area contributed by atoms with E-state index in [1.807, 2.05) is 45.0 Å². The number of rotatable bonds is 10. The number of likely N-dealkylation sites (N-methyl/N-ethyl adjacent to an activating group) is 1. The normalized spacial score (nSPS) is 12.1. The van der Waals surface area contributed by atoms with Crippen LogP contribution in [0.4, 0.5) is 5.69 Å². The largest absolute Gasteiger partial charge is 0.495 e. The maximum atomic E-state index is 13.6. The molecule has 2 aromatic rings. The molecule has 9 heteroatoms. The first-order valence-electron chi connectivity index (χ1n) is 10.7. The van der Waals surface area contributed by atoms with Crippen molar-refractivity contribution in [1.82, 2.24) is 10.2 Å². The van der Waals surface area contributed by atoms with Crippen molar-refractivity contribution in [2.75, 3.05) is 31.3 Å². The van der Waals surface area contributed by atoms with Crippen LogP contribution in [0.3, 0.4) is 0 Å². The van der Waals surface area contributed by atoms with Crippen molar-refractivity contribution < 1.29 is 22.7 Å². The van der Waals surface area contributed by atoms with E-state index in [0.29, 0.717) is 12.2 Å². The summed E-state index contributed by atoms with van der Waals surface area (Å²) in [5.74, 6) is -0.458. The predicted molar refractivity (Wildman–Crippen MR) is 130 cm³/mol. The summed E-state index contributed by atoms with van der Waals surface area (Å²) in [5.41, 5.74) is 2.97. The highest BCUT2D eigenvalue weighted by molar-refractivity contribution is 7.92. The number of hydrogen-bond donors (Lipinski definition) is 1. The third kappa shape index (κ3) is 6.71. The molecule has 2 aromatic carbocycles. The lowest BCUT2D eigenvalue weighted by atomic mass is 10.1. The standard InChI is InChI=1S/C24H33N3O5S/c1-7-20(24(29)25-4)26(15-19-10-8-9-17(2)13-19)23(28)16-27(33(6,30)31)21-14-18(3)11-12-22(21)32-5/h8-14,20H,7,15-16H2,1-6H3,(H,25,29). The minimum Gasteiger partial charge on any atom is -0.495 e. The van der Waals surface area contributed by atoms with Crippen molar-refractivity contribution in [1.29, 1.82) is 0 Å². The molecular weight excluding hydrogens is 442 g/mol. The number of sulfonamides is 1. The van der Waals surface area contributed by atoms with E-state index < -0.39 is 28.5 Å². The lowest BCUT2D eigenvalue weighted by Gasteiger charge is -2.33. The van der Waals surface area contributed by atoms with Crippen LogP contribution in [-0.2, 0) is 26.2 Å². The van der Waals surface area contributed by atoms with E-state index in [2.05, 4.69) is 5.32 Å². The van der Waals surface area contributed by atoms with Gasteiger partial charge >= 0.3 is 0 Å². The topological polar surface area (TPSA) is 96.0 Å². The number of ether oxygens (including phenoxy) is 1. The van der Waals surface area contributed by atoms with Crippen molar-refractivity contribution in [3.63, 3.8) is 0 Å². The summed E-state index contributed by atoms with van der Waals surface area (Å²) in [6.45, 7) is 5.30. The van der Waals surface area contributed by atoms with E-state index in [1.165, 1.54) is 19.1 Å². The average Bonchev–Trinajstić information content (AvgIpc) is 2.76. The van der Waals surface area contributed by atoms with Crippen LogP contribution < -0.4 is 14.4 Å². The van der Waals surface area contributed by atoms with Gasteiger partial charge in [-0.2, -0.15) is 0 Å². The van der Waals surface area contributed by atoms with Crippen molar-refractivity contribution >= 4 is 27.5 Å². The van der Waals surface area contributed by atoms with Gasteiger partial charge in [-0.05, 0) is 43.5 Å². The predicted octanol–water partition coefficient (Wildman–Crippen LogP) is 2.63. The minimum absolute atomic E-state index is 0.176. The van der Waals surface area contributed by atoms with Gasteiger partial charge < -0.3 is 15.0 Å². The van der Waals surface area contributed by atoms with Gasteiger partial charge in [0.1, 0.15) is 18.3 Å². The number of benzene rings is 2. The van der Waals surface area contributed by atoms with Crippen molar-refractivity contribution in [2.24, 2.45) is 0 Å². The van der Waals surface area contributed by atoms with Gasteiger partial charge in [-0.1, -0.05) is 42.8 Å². The lowest BCUT2D eigenvalue weighted by molar-refractivity contribution is -0.140. The number of carbonyl (C=O) groups is 2. The number of nitrogens with one attached hydrogen (secondary N) is 1. The second kappa shape index (κ2) is 11.2. The van der Waals surface area contributed by atoms with Crippen molar-refractivity contribution in [3.05, 3.63) is 59.2 Å². The third-order valence-electron chi connectivity index (χ3n) is 5.35. The van der Waals surface area contributed by atoms with Crippen LogP contribution in [0.5, 0.6) is 5.75 Å². The molecule has 0 fully saturated rings. The van der Waals surface area contributed by atoms with Crippen molar-refractivity contribution in [2.45, 2.75) is 39.8 Å². The fourth-order valence-corrected chi connectivity index (χ4v) is 4.53. The first-order valence-corrected chi connectivity index (χ1v) is 12.6. The van der Waals surface area contributed by atoms with Gasteiger partial charge in [-0.3, -0.25) is 13.9 Å². The Balaban J connectivity index is 2.50. The summed E-state index contributed by atoms with van der Waals surface area (Å²) in [6, 6.07) is 12.0. The fraction of sp³-hybridized carbons (Fsp3) is 0.417. The highest BCUT2D eigenvalue weighted by atomic mass is 32.2. The van der Waals surface area contributed by atoms with Gasteiger partial charge in [0, 0.05) is 13.6 Å². The van der Waals surface area contributed by atoms with Crippen LogP contribution in [-0.4, -0.2) is 58.1 Å². The summed E-state index contributed by atoms with van der Waals surface area (Å²) >= 11 is 0. The van der Waals surface area contributed by atoms with E-state index in [-0.39, 0.29) is 18.1 Å². The second-order valence-electron chi connectivity index (χ2n) is 7.99. The van der Waals surface area contributed by atoms with Crippen LogP contribution in [0.2, 0.25) is 0 Å². The SMILES string of the molecule is CCC(C(=O)NC)N(Cc1cccc(C)c1)C(=O)CN(c1cc(C)ccc1OC)S(C)(=O)=O. The van der Waals surface area contributed by atoms with Gasteiger partial charge in [-0.15, -0.1) is 0 Å². The average molecular weight is 476 g/mol. The Kier molecular flexibility index (Phi) is 8.87. The minimum atomic E-state index is -3.83. The number of methoxy groups -OCH3 is 1. The number of hydrogen-bond acceptors (Lipinski definition) is 5. The number of aryl methyl sites for hydroxylation is 2. The zero-order valence-electron chi connectivity index (χ0n) is 20.1. The highest BCUT2D eigenvalue weighted by Gasteiger charge is 2.32. The molecule has 0 heterocycles. The van der Waals surface area contributed by atoms with E-state index in [4.69, 9.17) is 4.74 Å². The molecule has 0 bridgehead atoms. The van der Waals surface area contributed by atoms with E-state index >= 15 is 0 Å². The Labute approximate surface area is 196 Å². The van der Waals surface area contributed by atoms with Crippen LogP contribution in [0.1, 0.15) is 30.0 Å². The summed E-state index contributed by atoms with van der Waals surface area (Å²) in [5, 5.41) is 2.60. The van der Waals surface area contributed by atoms with E-state index in [1.54, 1.807) is 18.2 Å². The van der Waals surface area contributed by atoms with Gasteiger partial charge in [0.05, 0.1) is 19.1 Å². The van der Waals surface area contributed by atoms with Crippen LogP contribution >= 0.6 is 0 Å². The van der Waals surface area contributed by atoms with E-state index in [0.717, 1.165) is 27.3 Å². The molecule has 33 heavy (non-hydrogen) atoms. The molecule has 180 valence electrons. The molecule has 1 unspecified atom stereocenters. The molecule has 2 amide bonds. The molecular formula is C24H33N3O5S. The monoisotopic (exact) mass is 475 g/mol. The first-order chi connectivity index (χ1) is 15.5. The molecule has 0 aliphatic rings. The van der Waals surface area contributed by atoms with Gasteiger partial charge in [0.25, 0.3) is 0 Å². The molecule has 1 atom stereocenters. The lowest BCUT2D eigenvalue weighted by Crippen LogP contribution is -2.51. The fourth-order valence-electron chi connectivity index (χ4n) is 3.68. The maximum absolute atomic E-state index is 13.6. The summed E-state index contributed by atoms with van der Waals surface area (Å²) in [7, 11) is -0.870. The zero-order valence-corrected chi connectivity index (χ0v) is 20.9. The molecule has 1 N–H and O–H groups in total. The van der Waals surface area contributed by atoms with Crippen LogP contribution in [0.25, 0.3) is 0 Å². The molecule has 0 radical (unpaired) electrons. The zero-order chi connectivity index (χ0) is 24.8. The van der Waals surface area contributed by atoms with Crippen LogP contribution in [0.15, 0.2) is 42.5 Å². The van der Waals surface area contributed by atoms with Crippen LogP contribution in [0, 0.1) is 13.8 Å². The summed E-state index contributed by atoms with van der Waals surface area (Å²) in [4.78, 5) is 27.6. The van der Waals surface area contributed by atoms with Gasteiger partial charge in [0.2, 0.25) is 21.8 Å². The Morgan fingerprint density at radius 1 is 1.09 bits per heavy atom. The highest BCUT2D eigenvalue weighted by Crippen LogP contribution is 2.31. The summed E-state index contributed by atoms with van der Waals surface area (Å²) < 4.78 is 31.8. The second-order valence-corrected chi connectivity index (χ2v) is 9.90.